The van der Waals surface area contributed by atoms with Crippen molar-refractivity contribution < 1.29 is 14.9 Å². The van der Waals surface area contributed by atoms with Crippen molar-refractivity contribution in [2.75, 3.05) is 12.3 Å². The van der Waals surface area contributed by atoms with Gasteiger partial charge >= 0.3 is 5.69 Å². The van der Waals surface area contributed by atoms with Crippen LogP contribution in [0.25, 0.3) is 0 Å². The second-order valence-electron chi connectivity index (χ2n) is 3.98. The number of nitrogen functional groups attached to an aromatic ring is 1. The molecule has 0 aliphatic carbocycles. The molecule has 2 rings (SSSR count). The van der Waals surface area contributed by atoms with Crippen LogP contribution in [0.1, 0.15) is 6.23 Å². The van der Waals surface area contributed by atoms with Gasteiger partial charge in [0.25, 0.3) is 0 Å². The number of aromatic nitrogens is 2. The van der Waals surface area contributed by atoms with Gasteiger partial charge in [0.2, 0.25) is 0 Å². The quantitative estimate of drug-likeness (QED) is 0.442. The van der Waals surface area contributed by atoms with Crippen molar-refractivity contribution in [3.05, 3.63) is 20.3 Å². The third kappa shape index (κ3) is 2.39. The van der Waals surface area contributed by atoms with Gasteiger partial charge in [0.1, 0.15) is 18.1 Å². The third-order valence-electron chi connectivity index (χ3n) is 2.81. The third-order valence-corrected chi connectivity index (χ3v) is 4.36. The maximum atomic E-state index is 11.8. The fourth-order valence-electron chi connectivity index (χ4n) is 1.81. The molecule has 0 radical (unpaired) electrons. The van der Waals surface area contributed by atoms with E-state index in [9.17, 15) is 9.90 Å². The first-order valence-corrected chi connectivity index (χ1v) is 6.94. The van der Waals surface area contributed by atoms with Crippen LogP contribution in [0.3, 0.4) is 0 Å². The normalized spacial score (nSPS) is 31.8. The van der Waals surface area contributed by atoms with E-state index in [0.717, 1.165) is 0 Å². The number of aliphatic hydroxyl groups excluding tert-OH is 2. The van der Waals surface area contributed by atoms with Crippen LogP contribution < -0.4 is 11.4 Å². The first-order chi connectivity index (χ1) is 8.45. The van der Waals surface area contributed by atoms with Crippen LogP contribution in [-0.4, -0.2) is 44.2 Å². The molecule has 18 heavy (non-hydrogen) atoms. The van der Waals surface area contributed by atoms with Gasteiger partial charge in [0.15, 0.2) is 0 Å². The minimum atomic E-state index is -0.855. The highest BCUT2D eigenvalue weighted by Crippen LogP contribution is 2.34. The first kappa shape index (κ1) is 14.1. The standard InChI is InChI=1S/C9H13IN3O4P/c10-3-1-13(9(16)12-7(3)11)8-6(18)5(15)4(2-14)17-8/h1,4-6,8,14-15H,2,18H2,(H2,11,12,16)/t4-,5+,6?,8-/m1/s1. The first-order valence-electron chi connectivity index (χ1n) is 5.20. The summed E-state index contributed by atoms with van der Waals surface area (Å²) < 4.78 is 7.35. The van der Waals surface area contributed by atoms with Gasteiger partial charge in [-0.05, 0) is 22.6 Å². The fourth-order valence-corrected chi connectivity index (χ4v) is 2.75. The molecule has 7 nitrogen and oxygen atoms in total. The van der Waals surface area contributed by atoms with Crippen LogP contribution in [0, 0.1) is 3.57 Å². The summed E-state index contributed by atoms with van der Waals surface area (Å²) in [7, 11) is 2.42. The smallest absolute Gasteiger partial charge is 0.351 e. The lowest BCUT2D eigenvalue weighted by Gasteiger charge is -2.18. The molecular weight excluding hydrogens is 372 g/mol. The summed E-state index contributed by atoms with van der Waals surface area (Å²) in [5.74, 6) is 0.161. The topological polar surface area (TPSA) is 111 Å². The van der Waals surface area contributed by atoms with Crippen LogP contribution in [0.5, 0.6) is 0 Å². The van der Waals surface area contributed by atoms with Crippen molar-refractivity contribution in [2.24, 2.45) is 0 Å². The summed E-state index contributed by atoms with van der Waals surface area (Å²) in [5, 5.41) is 18.9. The Morgan fingerprint density at radius 2 is 2.33 bits per heavy atom. The van der Waals surface area contributed by atoms with E-state index in [2.05, 4.69) is 14.2 Å². The largest absolute Gasteiger partial charge is 0.394 e. The highest BCUT2D eigenvalue weighted by Gasteiger charge is 2.42. The van der Waals surface area contributed by atoms with Crippen LogP contribution in [0.15, 0.2) is 11.0 Å². The zero-order valence-corrected chi connectivity index (χ0v) is 12.5. The Labute approximate surface area is 119 Å². The van der Waals surface area contributed by atoms with E-state index in [1.807, 2.05) is 22.6 Å². The molecule has 5 atom stereocenters. The average Bonchev–Trinajstić information content (AvgIpc) is 2.61. The molecule has 0 aromatic carbocycles. The molecule has 1 aliphatic heterocycles. The van der Waals surface area contributed by atoms with Gasteiger partial charge in [-0.3, -0.25) is 4.57 Å². The number of nitrogens with two attached hydrogens (primary N) is 1. The molecule has 9 heteroatoms. The van der Waals surface area contributed by atoms with Crippen LogP contribution >= 0.6 is 31.8 Å². The maximum Gasteiger partial charge on any atom is 0.351 e. The van der Waals surface area contributed by atoms with E-state index in [0.29, 0.717) is 3.57 Å². The lowest BCUT2D eigenvalue weighted by Crippen LogP contribution is -2.33. The Balaban J connectivity index is 2.39. The average molecular weight is 385 g/mol. The molecule has 1 aliphatic rings. The molecule has 2 unspecified atom stereocenters. The number of aliphatic hydroxyl groups is 2. The van der Waals surface area contributed by atoms with Crippen molar-refractivity contribution >= 4 is 37.6 Å². The molecule has 100 valence electrons. The molecule has 0 amide bonds. The number of hydrogen-bond acceptors (Lipinski definition) is 6. The maximum absolute atomic E-state index is 11.8. The van der Waals surface area contributed by atoms with E-state index in [1.165, 1.54) is 10.8 Å². The summed E-state index contributed by atoms with van der Waals surface area (Å²) in [6.45, 7) is -0.309. The van der Waals surface area contributed by atoms with Gasteiger partial charge in [0, 0.05) is 11.9 Å². The molecule has 0 spiro atoms. The van der Waals surface area contributed by atoms with Crippen molar-refractivity contribution in [1.29, 1.82) is 0 Å². The molecule has 1 aromatic rings. The van der Waals surface area contributed by atoms with Crippen molar-refractivity contribution in [3.8, 4) is 0 Å². The Morgan fingerprint density at radius 1 is 1.67 bits per heavy atom. The Kier molecular flexibility index (Phi) is 4.22. The van der Waals surface area contributed by atoms with E-state index < -0.39 is 29.8 Å². The zero-order valence-electron chi connectivity index (χ0n) is 9.23. The number of rotatable bonds is 2. The van der Waals surface area contributed by atoms with Gasteiger partial charge in [-0.25, -0.2) is 4.79 Å². The van der Waals surface area contributed by atoms with Gasteiger partial charge in [0.05, 0.1) is 16.3 Å². The van der Waals surface area contributed by atoms with Crippen molar-refractivity contribution in [1.82, 2.24) is 9.55 Å². The minimum Gasteiger partial charge on any atom is -0.394 e. The second-order valence-corrected chi connectivity index (χ2v) is 5.91. The number of anilines is 1. The van der Waals surface area contributed by atoms with Crippen LogP contribution in [0.2, 0.25) is 0 Å². The molecule has 0 bridgehead atoms. The Bertz CT molecular complexity index is 511. The van der Waals surface area contributed by atoms with E-state index in [-0.39, 0.29) is 12.4 Å². The summed E-state index contributed by atoms with van der Waals surface area (Å²) in [6, 6.07) is 0. The van der Waals surface area contributed by atoms with Crippen LogP contribution in [-0.2, 0) is 4.74 Å². The molecule has 4 N–H and O–H groups in total. The summed E-state index contributed by atoms with van der Waals surface area (Å²) in [4.78, 5) is 15.4. The highest BCUT2D eigenvalue weighted by atomic mass is 127. The highest BCUT2D eigenvalue weighted by molar-refractivity contribution is 14.1. The van der Waals surface area contributed by atoms with Gasteiger partial charge < -0.3 is 20.7 Å². The van der Waals surface area contributed by atoms with Crippen molar-refractivity contribution in [3.63, 3.8) is 0 Å². The molecular formula is C9H13IN3O4P. The Hall–Kier alpha value is -0.280. The summed E-state index contributed by atoms with van der Waals surface area (Å²) >= 11 is 1.96. The van der Waals surface area contributed by atoms with E-state index in [4.69, 9.17) is 15.6 Å². The monoisotopic (exact) mass is 385 g/mol. The number of nitrogens with zero attached hydrogens (tertiary/aromatic N) is 2. The number of ether oxygens (including phenoxy) is 1. The minimum absolute atomic E-state index is 0.161. The predicted molar refractivity (Wildman–Crippen MR) is 76.1 cm³/mol. The molecule has 0 saturated carbocycles. The van der Waals surface area contributed by atoms with E-state index in [1.54, 1.807) is 0 Å². The van der Waals surface area contributed by atoms with Gasteiger partial charge in [-0.1, -0.05) is 0 Å². The molecule has 2 heterocycles. The second kappa shape index (κ2) is 5.38. The summed E-state index contributed by atoms with van der Waals surface area (Å²) in [5.41, 5.74) is 4.59. The zero-order chi connectivity index (χ0) is 13.4. The Morgan fingerprint density at radius 3 is 2.89 bits per heavy atom. The predicted octanol–water partition coefficient (Wildman–Crippen LogP) is -1.08. The SMILES string of the molecule is Nc1nc(=O)n([C@@H]2O[C@H](CO)[C@H](O)C2P)cc1I. The molecule has 1 saturated heterocycles. The molecule has 1 aromatic heterocycles. The summed E-state index contributed by atoms with van der Waals surface area (Å²) in [6.07, 6.45) is -0.720. The number of halogens is 1. The van der Waals surface area contributed by atoms with Gasteiger partial charge in [-0.2, -0.15) is 4.98 Å². The molecule has 1 fully saturated rings. The lowest BCUT2D eigenvalue weighted by atomic mass is 10.2. The fraction of sp³-hybridized carbons (Fsp3) is 0.556. The van der Waals surface area contributed by atoms with Crippen molar-refractivity contribution in [2.45, 2.75) is 24.1 Å². The van der Waals surface area contributed by atoms with E-state index >= 15 is 0 Å². The van der Waals surface area contributed by atoms with Crippen LogP contribution in [0.4, 0.5) is 5.82 Å². The number of hydrogen-bond donors (Lipinski definition) is 3. The van der Waals surface area contributed by atoms with Gasteiger partial charge in [-0.15, -0.1) is 9.24 Å². The lowest BCUT2D eigenvalue weighted by molar-refractivity contribution is -0.0457.